The molecular weight excluding hydrogens is 172 g/mol. The van der Waals surface area contributed by atoms with Gasteiger partial charge in [0.1, 0.15) is 0 Å². The molecular formula is C13H16O. The molecule has 0 aromatic rings. The first-order valence-corrected chi connectivity index (χ1v) is 4.43. The topological polar surface area (TPSA) is 17.1 Å². The van der Waals surface area contributed by atoms with Crippen molar-refractivity contribution in [2.45, 2.75) is 13.3 Å². The maximum Gasteiger partial charge on any atom is 0.166 e. The third kappa shape index (κ3) is 5.09. The number of rotatable bonds is 6. The number of carbonyl (C=O) groups excluding carboxylic acids is 1. The molecule has 0 rings (SSSR count). The fourth-order valence-electron chi connectivity index (χ4n) is 0.768. The summed E-state index contributed by atoms with van der Waals surface area (Å²) < 4.78 is 0. The van der Waals surface area contributed by atoms with Gasteiger partial charge in [0.2, 0.25) is 0 Å². The second kappa shape index (κ2) is 6.84. The van der Waals surface area contributed by atoms with Gasteiger partial charge in [-0.2, -0.15) is 0 Å². The summed E-state index contributed by atoms with van der Waals surface area (Å²) in [5.74, 6) is -0.0179. The molecule has 0 aromatic heterocycles. The van der Waals surface area contributed by atoms with E-state index in [1.165, 1.54) is 0 Å². The lowest BCUT2D eigenvalue weighted by Crippen LogP contribution is -1.99. The number of allylic oxidation sites excluding steroid dienone is 7. The van der Waals surface area contributed by atoms with E-state index >= 15 is 0 Å². The van der Waals surface area contributed by atoms with Crippen LogP contribution in [0.4, 0.5) is 0 Å². The second-order valence-electron chi connectivity index (χ2n) is 2.87. The average molecular weight is 188 g/mol. The molecule has 0 bridgehead atoms. The van der Waals surface area contributed by atoms with Gasteiger partial charge in [-0.05, 0) is 12.5 Å². The van der Waals surface area contributed by atoms with Crippen LogP contribution in [-0.4, -0.2) is 5.78 Å². The van der Waals surface area contributed by atoms with Gasteiger partial charge in [-0.1, -0.05) is 50.1 Å². The molecule has 0 saturated carbocycles. The van der Waals surface area contributed by atoms with E-state index in [9.17, 15) is 4.79 Å². The van der Waals surface area contributed by atoms with Gasteiger partial charge in [0.15, 0.2) is 5.78 Å². The third-order valence-electron chi connectivity index (χ3n) is 1.64. The predicted molar refractivity (Wildman–Crippen MR) is 62.1 cm³/mol. The highest BCUT2D eigenvalue weighted by molar-refractivity contribution is 5.98. The van der Waals surface area contributed by atoms with Crippen molar-refractivity contribution in [2.24, 2.45) is 0 Å². The van der Waals surface area contributed by atoms with Gasteiger partial charge in [0.25, 0.3) is 0 Å². The summed E-state index contributed by atoms with van der Waals surface area (Å²) in [5, 5.41) is 0. The first-order chi connectivity index (χ1) is 6.61. The van der Waals surface area contributed by atoms with Crippen LogP contribution >= 0.6 is 0 Å². The highest BCUT2D eigenvalue weighted by Gasteiger charge is 2.03. The SMILES string of the molecule is C=CC(=C)CC(=O)C(=C)/C=C\C=C/C. The van der Waals surface area contributed by atoms with Gasteiger partial charge < -0.3 is 0 Å². The molecule has 0 aliphatic carbocycles. The Labute approximate surface area is 85.8 Å². The van der Waals surface area contributed by atoms with Crippen molar-refractivity contribution in [1.29, 1.82) is 0 Å². The Bertz CT molecular complexity index is 303. The van der Waals surface area contributed by atoms with Gasteiger partial charge >= 0.3 is 0 Å². The summed E-state index contributed by atoms with van der Waals surface area (Å²) in [6, 6.07) is 0. The van der Waals surface area contributed by atoms with Crippen LogP contribution in [0.3, 0.4) is 0 Å². The van der Waals surface area contributed by atoms with E-state index < -0.39 is 0 Å². The normalized spacial score (nSPS) is 10.6. The molecule has 0 amide bonds. The Morgan fingerprint density at radius 2 is 1.93 bits per heavy atom. The maximum atomic E-state index is 11.4. The number of hydrogen-bond donors (Lipinski definition) is 0. The quantitative estimate of drug-likeness (QED) is 0.461. The molecule has 0 aliphatic heterocycles. The van der Waals surface area contributed by atoms with Gasteiger partial charge in [-0.25, -0.2) is 0 Å². The van der Waals surface area contributed by atoms with Crippen molar-refractivity contribution in [3.63, 3.8) is 0 Å². The number of carbonyl (C=O) groups is 1. The van der Waals surface area contributed by atoms with Crippen LogP contribution in [0.2, 0.25) is 0 Å². The van der Waals surface area contributed by atoms with Crippen molar-refractivity contribution < 1.29 is 4.79 Å². The molecule has 14 heavy (non-hydrogen) atoms. The van der Waals surface area contributed by atoms with Crippen LogP contribution in [0.15, 0.2) is 61.3 Å². The summed E-state index contributed by atoms with van der Waals surface area (Å²) in [6.45, 7) is 12.8. The van der Waals surface area contributed by atoms with E-state index in [1.54, 1.807) is 18.2 Å². The van der Waals surface area contributed by atoms with E-state index in [0.29, 0.717) is 12.0 Å². The van der Waals surface area contributed by atoms with E-state index in [2.05, 4.69) is 19.7 Å². The standard InChI is InChI=1S/C13H16O/c1-5-7-8-9-12(4)13(14)10-11(3)6-2/h5-9H,2-4,10H2,1H3/b7-5-,9-8-. The second-order valence-corrected chi connectivity index (χ2v) is 2.87. The third-order valence-corrected chi connectivity index (χ3v) is 1.64. The van der Waals surface area contributed by atoms with Crippen molar-refractivity contribution in [3.8, 4) is 0 Å². The van der Waals surface area contributed by atoms with Crippen molar-refractivity contribution in [2.75, 3.05) is 0 Å². The number of hydrogen-bond acceptors (Lipinski definition) is 1. The molecule has 0 spiro atoms. The molecule has 0 radical (unpaired) electrons. The van der Waals surface area contributed by atoms with E-state index in [4.69, 9.17) is 0 Å². The molecule has 0 aliphatic rings. The van der Waals surface area contributed by atoms with Crippen LogP contribution in [0.25, 0.3) is 0 Å². The molecule has 74 valence electrons. The molecule has 1 nitrogen and oxygen atoms in total. The highest BCUT2D eigenvalue weighted by atomic mass is 16.1. The van der Waals surface area contributed by atoms with Crippen LogP contribution in [0.5, 0.6) is 0 Å². The van der Waals surface area contributed by atoms with E-state index in [1.807, 2.05) is 19.1 Å². The van der Waals surface area contributed by atoms with Crippen LogP contribution < -0.4 is 0 Å². The maximum absolute atomic E-state index is 11.4. The van der Waals surface area contributed by atoms with Gasteiger partial charge in [-0.3, -0.25) is 4.79 Å². The molecule has 0 N–H and O–H groups in total. The average Bonchev–Trinajstić information content (AvgIpc) is 2.17. The van der Waals surface area contributed by atoms with Crippen LogP contribution in [0.1, 0.15) is 13.3 Å². The lowest BCUT2D eigenvalue weighted by Gasteiger charge is -1.98. The summed E-state index contributed by atoms with van der Waals surface area (Å²) in [4.78, 5) is 11.4. The molecule has 0 aromatic carbocycles. The van der Waals surface area contributed by atoms with Crippen LogP contribution in [0, 0.1) is 0 Å². The molecule has 0 atom stereocenters. The number of Topliss-reactive ketones (excluding diaryl/α,β-unsaturated/α-hetero) is 1. The minimum atomic E-state index is -0.0179. The fraction of sp³-hybridized carbons (Fsp3) is 0.154. The molecule has 1 heteroatoms. The van der Waals surface area contributed by atoms with Crippen molar-refractivity contribution >= 4 is 5.78 Å². The zero-order valence-electron chi connectivity index (χ0n) is 8.62. The molecule has 0 heterocycles. The zero-order chi connectivity index (χ0) is 11.0. The first kappa shape index (κ1) is 12.4. The largest absolute Gasteiger partial charge is 0.294 e. The Balaban J connectivity index is 4.20. The molecule has 0 saturated heterocycles. The summed E-state index contributed by atoms with van der Waals surface area (Å²) in [7, 11) is 0. The Hall–Kier alpha value is -1.63. The zero-order valence-corrected chi connectivity index (χ0v) is 8.62. The van der Waals surface area contributed by atoms with Gasteiger partial charge in [0.05, 0.1) is 0 Å². The van der Waals surface area contributed by atoms with Crippen molar-refractivity contribution in [1.82, 2.24) is 0 Å². The lowest BCUT2D eigenvalue weighted by atomic mass is 10.1. The fourth-order valence-corrected chi connectivity index (χ4v) is 0.768. The highest BCUT2D eigenvalue weighted by Crippen LogP contribution is 2.06. The Morgan fingerprint density at radius 3 is 2.43 bits per heavy atom. The van der Waals surface area contributed by atoms with Gasteiger partial charge in [-0.15, -0.1) is 0 Å². The first-order valence-electron chi connectivity index (χ1n) is 4.43. The summed E-state index contributed by atoms with van der Waals surface area (Å²) in [5.41, 5.74) is 1.21. The Morgan fingerprint density at radius 1 is 1.29 bits per heavy atom. The monoisotopic (exact) mass is 188 g/mol. The molecule has 0 fully saturated rings. The smallest absolute Gasteiger partial charge is 0.166 e. The van der Waals surface area contributed by atoms with Crippen molar-refractivity contribution in [3.05, 3.63) is 61.3 Å². The predicted octanol–water partition coefficient (Wildman–Crippen LogP) is 3.38. The van der Waals surface area contributed by atoms with Crippen LogP contribution in [-0.2, 0) is 4.79 Å². The Kier molecular flexibility index (Phi) is 6.04. The van der Waals surface area contributed by atoms with E-state index in [-0.39, 0.29) is 5.78 Å². The lowest BCUT2D eigenvalue weighted by molar-refractivity contribution is -0.114. The van der Waals surface area contributed by atoms with E-state index in [0.717, 1.165) is 5.57 Å². The van der Waals surface area contributed by atoms with Gasteiger partial charge in [0, 0.05) is 12.0 Å². The summed E-state index contributed by atoms with van der Waals surface area (Å²) >= 11 is 0. The number of ketones is 1. The molecule has 0 unspecified atom stereocenters. The minimum absolute atomic E-state index is 0.0179. The minimum Gasteiger partial charge on any atom is -0.294 e. The summed E-state index contributed by atoms with van der Waals surface area (Å²) in [6.07, 6.45) is 9.09.